The quantitative estimate of drug-likeness (QED) is 0.590. The van der Waals surface area contributed by atoms with Gasteiger partial charge in [0.1, 0.15) is 17.2 Å². The summed E-state index contributed by atoms with van der Waals surface area (Å²) in [6, 6.07) is 12.1. The summed E-state index contributed by atoms with van der Waals surface area (Å²) in [5.41, 5.74) is 3.51. The van der Waals surface area contributed by atoms with Crippen LogP contribution in [0.2, 0.25) is 0 Å². The SMILES string of the molecule is COc1cccc(CN2CCC3(CC2)C2=CC(C)(C)c4c(cc(OC)cc4OC)CN2C(=O)N3CCO)c1. The number of rotatable bonds is 7. The summed E-state index contributed by atoms with van der Waals surface area (Å²) in [4.78, 5) is 20.2. The molecule has 3 heterocycles. The van der Waals surface area contributed by atoms with Gasteiger partial charge in [-0.05, 0) is 42.2 Å². The number of urea groups is 1. The molecule has 5 rings (SSSR count). The third kappa shape index (κ3) is 4.39. The molecule has 2 amide bonds. The molecule has 0 bridgehead atoms. The van der Waals surface area contributed by atoms with E-state index in [1.165, 1.54) is 5.56 Å². The van der Waals surface area contributed by atoms with Crippen molar-refractivity contribution in [1.29, 1.82) is 0 Å². The number of aliphatic hydroxyl groups is 1. The van der Waals surface area contributed by atoms with Gasteiger partial charge >= 0.3 is 6.03 Å². The van der Waals surface area contributed by atoms with E-state index >= 15 is 0 Å². The van der Waals surface area contributed by atoms with Crippen molar-refractivity contribution in [2.24, 2.45) is 0 Å². The number of hydrogen-bond donors (Lipinski definition) is 1. The number of methoxy groups -OCH3 is 3. The maximum atomic E-state index is 13.9. The number of β-amino-alcohol motifs (C(OH)–C–C–N with tert-alkyl or cyclic N) is 1. The van der Waals surface area contributed by atoms with Crippen LogP contribution >= 0.6 is 0 Å². The van der Waals surface area contributed by atoms with E-state index in [9.17, 15) is 9.90 Å². The van der Waals surface area contributed by atoms with E-state index in [2.05, 4.69) is 37.0 Å². The summed E-state index contributed by atoms with van der Waals surface area (Å²) < 4.78 is 16.8. The molecular formula is C30H39N3O5. The van der Waals surface area contributed by atoms with Crippen LogP contribution in [0.5, 0.6) is 17.2 Å². The first-order valence-electron chi connectivity index (χ1n) is 13.3. The molecule has 2 aromatic rings. The molecule has 1 spiro atoms. The molecule has 0 unspecified atom stereocenters. The molecule has 0 radical (unpaired) electrons. The van der Waals surface area contributed by atoms with E-state index in [4.69, 9.17) is 14.2 Å². The molecule has 204 valence electrons. The Kier molecular flexibility index (Phi) is 7.05. The van der Waals surface area contributed by atoms with E-state index < -0.39 is 5.54 Å². The molecule has 3 aliphatic heterocycles. The van der Waals surface area contributed by atoms with Gasteiger partial charge in [-0.25, -0.2) is 4.79 Å². The fourth-order valence-corrected chi connectivity index (χ4v) is 6.60. The van der Waals surface area contributed by atoms with Crippen molar-refractivity contribution in [3.05, 3.63) is 64.9 Å². The Bertz CT molecular complexity index is 1230. The van der Waals surface area contributed by atoms with Crippen LogP contribution in [0.1, 0.15) is 43.4 Å². The Hall–Kier alpha value is -3.23. The Morgan fingerprint density at radius 3 is 2.37 bits per heavy atom. The molecule has 3 aliphatic rings. The number of piperidine rings is 1. The van der Waals surface area contributed by atoms with Crippen molar-refractivity contribution >= 4 is 6.03 Å². The monoisotopic (exact) mass is 521 g/mol. The Morgan fingerprint density at radius 1 is 0.974 bits per heavy atom. The second-order valence-electron chi connectivity index (χ2n) is 11.0. The van der Waals surface area contributed by atoms with Crippen molar-refractivity contribution in [2.75, 3.05) is 47.6 Å². The van der Waals surface area contributed by atoms with Crippen molar-refractivity contribution in [3.8, 4) is 17.2 Å². The predicted octanol–water partition coefficient (Wildman–Crippen LogP) is 4.15. The zero-order valence-electron chi connectivity index (χ0n) is 23.1. The predicted molar refractivity (Wildman–Crippen MR) is 146 cm³/mol. The number of hydrogen-bond acceptors (Lipinski definition) is 6. The highest BCUT2D eigenvalue weighted by molar-refractivity contribution is 5.83. The molecule has 38 heavy (non-hydrogen) atoms. The number of carbonyl (C=O) groups excluding carboxylic acids is 1. The highest BCUT2D eigenvalue weighted by atomic mass is 16.5. The van der Waals surface area contributed by atoms with Crippen molar-refractivity contribution in [3.63, 3.8) is 0 Å². The first-order chi connectivity index (χ1) is 18.3. The van der Waals surface area contributed by atoms with Gasteiger partial charge in [-0.3, -0.25) is 9.80 Å². The number of nitrogens with zero attached hydrogens (tertiary/aromatic N) is 3. The minimum atomic E-state index is -0.457. The molecule has 2 aromatic carbocycles. The molecule has 0 aliphatic carbocycles. The molecular weight excluding hydrogens is 482 g/mol. The molecule has 0 atom stereocenters. The Balaban J connectivity index is 1.50. The smallest absolute Gasteiger partial charge is 0.325 e. The largest absolute Gasteiger partial charge is 0.497 e. The van der Waals surface area contributed by atoms with Crippen molar-refractivity contribution in [2.45, 2.75) is 50.7 Å². The molecule has 8 heteroatoms. The molecule has 2 saturated heterocycles. The highest BCUT2D eigenvalue weighted by Gasteiger charge is 2.56. The van der Waals surface area contributed by atoms with Crippen LogP contribution in [-0.2, 0) is 18.5 Å². The van der Waals surface area contributed by atoms with E-state index in [1.54, 1.807) is 21.3 Å². The van der Waals surface area contributed by atoms with Crippen LogP contribution in [-0.4, -0.2) is 78.9 Å². The maximum Gasteiger partial charge on any atom is 0.325 e. The minimum absolute atomic E-state index is 0.0445. The van der Waals surface area contributed by atoms with Crippen LogP contribution in [0.3, 0.4) is 0 Å². The van der Waals surface area contributed by atoms with E-state index in [-0.39, 0.29) is 18.1 Å². The first kappa shape index (κ1) is 26.4. The number of aliphatic hydroxyl groups excluding tert-OH is 1. The van der Waals surface area contributed by atoms with E-state index in [0.717, 1.165) is 60.8 Å². The maximum absolute atomic E-state index is 13.9. The molecule has 0 saturated carbocycles. The fraction of sp³-hybridized carbons (Fsp3) is 0.500. The highest BCUT2D eigenvalue weighted by Crippen LogP contribution is 2.50. The Morgan fingerprint density at radius 2 is 1.71 bits per heavy atom. The second-order valence-corrected chi connectivity index (χ2v) is 11.0. The van der Waals surface area contributed by atoms with Crippen LogP contribution in [0.25, 0.3) is 0 Å². The van der Waals surface area contributed by atoms with Gasteiger partial charge in [-0.1, -0.05) is 32.1 Å². The Labute approximate surface area is 225 Å². The lowest BCUT2D eigenvalue weighted by molar-refractivity contribution is 0.0744. The second kappa shape index (κ2) is 10.2. The van der Waals surface area contributed by atoms with Gasteiger partial charge < -0.3 is 24.2 Å². The van der Waals surface area contributed by atoms with Crippen LogP contribution in [0.15, 0.2) is 48.2 Å². The third-order valence-electron chi connectivity index (χ3n) is 8.38. The van der Waals surface area contributed by atoms with Crippen LogP contribution < -0.4 is 14.2 Å². The molecule has 2 fully saturated rings. The third-order valence-corrected chi connectivity index (χ3v) is 8.38. The van der Waals surface area contributed by atoms with Gasteiger partial charge in [-0.15, -0.1) is 0 Å². The lowest BCUT2D eigenvalue weighted by atomic mass is 9.77. The fourth-order valence-electron chi connectivity index (χ4n) is 6.60. The average molecular weight is 522 g/mol. The van der Waals surface area contributed by atoms with Gasteiger partial charge in [0.15, 0.2) is 0 Å². The zero-order valence-corrected chi connectivity index (χ0v) is 23.1. The summed E-state index contributed by atoms with van der Waals surface area (Å²) in [6.45, 7) is 7.58. The summed E-state index contributed by atoms with van der Waals surface area (Å²) >= 11 is 0. The zero-order chi connectivity index (χ0) is 27.1. The number of allylic oxidation sites excluding steroid dienone is 1. The molecule has 1 N–H and O–H groups in total. The van der Waals surface area contributed by atoms with Gasteiger partial charge in [-0.2, -0.15) is 0 Å². The van der Waals surface area contributed by atoms with Crippen molar-refractivity contribution in [1.82, 2.24) is 14.7 Å². The normalized spacial score (nSPS) is 20.1. The standard InChI is InChI=1S/C30H39N3O5/c1-29(2)18-26-30(9-11-31(12-10-30)19-21-7-6-8-23(15-21)36-3)33(13-14-34)28(35)32(26)20-22-16-24(37-4)17-25(38-5)27(22)29/h6-8,15-18,34H,9-14,19-20H2,1-5H3. The number of likely N-dealkylation sites (tertiary alicyclic amines) is 1. The van der Waals surface area contributed by atoms with Gasteiger partial charge in [0.05, 0.1) is 40.0 Å². The number of fused-ring (bicyclic) bond motifs is 3. The topological polar surface area (TPSA) is 74.7 Å². The van der Waals surface area contributed by atoms with Gasteiger partial charge in [0.2, 0.25) is 0 Å². The van der Waals surface area contributed by atoms with E-state index in [1.807, 2.05) is 34.1 Å². The van der Waals surface area contributed by atoms with E-state index in [0.29, 0.717) is 18.8 Å². The van der Waals surface area contributed by atoms with Gasteiger partial charge in [0.25, 0.3) is 0 Å². The van der Waals surface area contributed by atoms with Gasteiger partial charge in [0, 0.05) is 48.9 Å². The summed E-state index contributed by atoms with van der Waals surface area (Å²) in [5.74, 6) is 2.34. The summed E-state index contributed by atoms with van der Waals surface area (Å²) in [6.07, 6.45) is 3.87. The van der Waals surface area contributed by atoms with Crippen LogP contribution in [0.4, 0.5) is 4.79 Å². The lowest BCUT2D eigenvalue weighted by Crippen LogP contribution is -2.54. The summed E-state index contributed by atoms with van der Waals surface area (Å²) in [7, 11) is 5.01. The van der Waals surface area contributed by atoms with Crippen LogP contribution in [0, 0.1) is 0 Å². The minimum Gasteiger partial charge on any atom is -0.497 e. The average Bonchev–Trinajstić information content (AvgIpc) is 3.03. The number of benzene rings is 2. The summed E-state index contributed by atoms with van der Waals surface area (Å²) in [5, 5.41) is 9.95. The lowest BCUT2D eigenvalue weighted by Gasteiger charge is -2.45. The number of carbonyl (C=O) groups is 1. The first-order valence-corrected chi connectivity index (χ1v) is 13.3. The molecule has 0 aromatic heterocycles. The number of ether oxygens (including phenoxy) is 3. The van der Waals surface area contributed by atoms with Crippen molar-refractivity contribution < 1.29 is 24.1 Å². The number of amides is 2. The molecule has 8 nitrogen and oxygen atoms in total.